The van der Waals surface area contributed by atoms with E-state index >= 15 is 0 Å². The van der Waals surface area contributed by atoms with E-state index in [0.717, 1.165) is 24.3 Å². The van der Waals surface area contributed by atoms with Gasteiger partial charge in [0.05, 0.1) is 18.2 Å². The summed E-state index contributed by atoms with van der Waals surface area (Å²) in [5, 5.41) is 0.912. The molecule has 1 aromatic carbocycles. The first kappa shape index (κ1) is 14.8. The molecule has 2 amide bonds. The van der Waals surface area contributed by atoms with Crippen molar-refractivity contribution in [2.45, 2.75) is 19.3 Å². The summed E-state index contributed by atoms with van der Waals surface area (Å²) >= 11 is 1.64. The van der Waals surface area contributed by atoms with Gasteiger partial charge in [-0.2, -0.15) is 0 Å². The Bertz CT molecular complexity index is 672. The van der Waals surface area contributed by atoms with Crippen LogP contribution in [-0.4, -0.2) is 30.4 Å². The number of carbonyl (C=O) groups excluding carboxylic acids is 2. The third-order valence-corrected chi connectivity index (χ3v) is 4.88. The number of unbranched alkanes of at least 4 members (excludes halogenated alkanes) is 1. The molecule has 0 bridgehead atoms. The Labute approximate surface area is 133 Å². The molecule has 0 N–H and O–H groups in total. The highest BCUT2D eigenvalue weighted by atomic mass is 32.1. The van der Waals surface area contributed by atoms with E-state index in [0.29, 0.717) is 17.7 Å². The van der Waals surface area contributed by atoms with Crippen molar-refractivity contribution in [3.05, 3.63) is 52.4 Å². The summed E-state index contributed by atoms with van der Waals surface area (Å²) in [6.45, 7) is 0.481. The lowest BCUT2D eigenvalue weighted by Gasteiger charge is -2.13. The largest absolute Gasteiger partial charge is 0.487 e. The van der Waals surface area contributed by atoms with Gasteiger partial charge in [0.15, 0.2) is 5.06 Å². The smallest absolute Gasteiger partial charge is 0.261 e. The fourth-order valence-corrected chi connectivity index (χ4v) is 3.47. The van der Waals surface area contributed by atoms with Gasteiger partial charge in [-0.25, -0.2) is 0 Å². The minimum atomic E-state index is -0.168. The van der Waals surface area contributed by atoms with Gasteiger partial charge in [0.1, 0.15) is 0 Å². The molecule has 114 valence electrons. The van der Waals surface area contributed by atoms with Crippen molar-refractivity contribution < 1.29 is 14.3 Å². The maximum absolute atomic E-state index is 12.2. The summed E-state index contributed by atoms with van der Waals surface area (Å²) in [7, 11) is 1.66. The number of aryl methyl sites for hydroxylation is 1. The molecule has 0 radical (unpaired) electrons. The number of imide groups is 1. The van der Waals surface area contributed by atoms with Gasteiger partial charge < -0.3 is 4.74 Å². The molecule has 3 rings (SSSR count). The van der Waals surface area contributed by atoms with Crippen molar-refractivity contribution in [2.75, 3.05) is 13.7 Å². The SMILES string of the molecule is COc1ccc(CCCCN2C(=O)c3ccccc3C2=O)s1. The van der Waals surface area contributed by atoms with Crippen LogP contribution in [0.1, 0.15) is 38.4 Å². The van der Waals surface area contributed by atoms with Crippen molar-refractivity contribution in [2.24, 2.45) is 0 Å². The van der Waals surface area contributed by atoms with Crippen molar-refractivity contribution in [1.29, 1.82) is 0 Å². The fourth-order valence-electron chi connectivity index (χ4n) is 2.61. The third kappa shape index (κ3) is 2.76. The quantitative estimate of drug-likeness (QED) is 0.606. The molecule has 2 aromatic rings. The molecule has 0 unspecified atom stereocenters. The molecule has 0 atom stereocenters. The fraction of sp³-hybridized carbons (Fsp3) is 0.294. The standard InChI is InChI=1S/C17H17NO3S/c1-21-15-10-9-12(22-15)6-4-5-11-18-16(19)13-7-2-3-8-14(13)17(18)20/h2-3,7-10H,4-6,11H2,1H3. The van der Waals surface area contributed by atoms with Gasteiger partial charge in [0.2, 0.25) is 0 Å². The minimum absolute atomic E-state index is 0.168. The van der Waals surface area contributed by atoms with Gasteiger partial charge in [-0.3, -0.25) is 14.5 Å². The molecule has 2 heterocycles. The van der Waals surface area contributed by atoms with Gasteiger partial charge in [0, 0.05) is 11.4 Å². The van der Waals surface area contributed by atoms with Crippen LogP contribution in [-0.2, 0) is 6.42 Å². The summed E-state index contributed by atoms with van der Waals surface area (Å²) in [5.41, 5.74) is 1.05. The number of nitrogens with zero attached hydrogens (tertiary/aromatic N) is 1. The summed E-state index contributed by atoms with van der Waals surface area (Å²) in [6.07, 6.45) is 2.69. The molecule has 0 aliphatic carbocycles. The normalized spacial score (nSPS) is 13.6. The topological polar surface area (TPSA) is 46.6 Å². The number of rotatable bonds is 6. The lowest BCUT2D eigenvalue weighted by molar-refractivity contribution is 0.0652. The Hall–Kier alpha value is -2.14. The molecule has 1 aromatic heterocycles. The zero-order valence-electron chi connectivity index (χ0n) is 12.4. The van der Waals surface area contributed by atoms with Crippen molar-refractivity contribution in [3.63, 3.8) is 0 Å². The minimum Gasteiger partial charge on any atom is -0.487 e. The molecule has 0 fully saturated rings. The predicted molar refractivity (Wildman–Crippen MR) is 85.6 cm³/mol. The highest BCUT2D eigenvalue weighted by Gasteiger charge is 2.34. The maximum atomic E-state index is 12.2. The predicted octanol–water partition coefficient (Wildman–Crippen LogP) is 3.38. The number of thiophene rings is 1. The first-order chi connectivity index (χ1) is 10.7. The van der Waals surface area contributed by atoms with Crippen LogP contribution in [0.3, 0.4) is 0 Å². The Morgan fingerprint density at radius 3 is 2.27 bits per heavy atom. The van der Waals surface area contributed by atoms with Crippen LogP contribution >= 0.6 is 11.3 Å². The molecular formula is C17H17NO3S. The zero-order chi connectivity index (χ0) is 15.5. The van der Waals surface area contributed by atoms with E-state index in [-0.39, 0.29) is 11.8 Å². The second-order valence-electron chi connectivity index (χ2n) is 5.19. The molecule has 0 spiro atoms. The van der Waals surface area contributed by atoms with Crippen LogP contribution in [0.25, 0.3) is 0 Å². The molecular weight excluding hydrogens is 298 g/mol. The average molecular weight is 315 g/mol. The third-order valence-electron chi connectivity index (χ3n) is 3.77. The lowest BCUT2D eigenvalue weighted by Crippen LogP contribution is -2.30. The molecule has 22 heavy (non-hydrogen) atoms. The van der Waals surface area contributed by atoms with Gasteiger partial charge in [-0.15, -0.1) is 11.3 Å². The monoisotopic (exact) mass is 315 g/mol. The van der Waals surface area contributed by atoms with Crippen molar-refractivity contribution >= 4 is 23.2 Å². The molecule has 0 saturated heterocycles. The van der Waals surface area contributed by atoms with E-state index < -0.39 is 0 Å². The number of methoxy groups -OCH3 is 1. The number of carbonyl (C=O) groups is 2. The number of hydrogen-bond acceptors (Lipinski definition) is 4. The highest BCUT2D eigenvalue weighted by molar-refractivity contribution is 7.13. The first-order valence-corrected chi connectivity index (χ1v) is 8.10. The number of fused-ring (bicyclic) bond motifs is 1. The maximum Gasteiger partial charge on any atom is 0.261 e. The summed E-state index contributed by atoms with van der Waals surface area (Å²) in [6, 6.07) is 11.0. The highest BCUT2D eigenvalue weighted by Crippen LogP contribution is 2.26. The first-order valence-electron chi connectivity index (χ1n) is 7.28. The van der Waals surface area contributed by atoms with Crippen LogP contribution in [0, 0.1) is 0 Å². The van der Waals surface area contributed by atoms with E-state index in [9.17, 15) is 9.59 Å². The van der Waals surface area contributed by atoms with E-state index in [2.05, 4.69) is 6.07 Å². The van der Waals surface area contributed by atoms with E-state index in [1.54, 1.807) is 42.7 Å². The number of amides is 2. The van der Waals surface area contributed by atoms with Crippen molar-refractivity contribution in [3.8, 4) is 5.06 Å². The van der Waals surface area contributed by atoms with Crippen LogP contribution in [0.2, 0.25) is 0 Å². The van der Waals surface area contributed by atoms with Crippen LogP contribution in [0.5, 0.6) is 5.06 Å². The summed E-state index contributed by atoms with van der Waals surface area (Å²) < 4.78 is 5.17. The van der Waals surface area contributed by atoms with Crippen LogP contribution in [0.15, 0.2) is 36.4 Å². The molecule has 1 aliphatic rings. The average Bonchev–Trinajstić information content (AvgIpc) is 3.10. The Morgan fingerprint density at radius 1 is 1.00 bits per heavy atom. The van der Waals surface area contributed by atoms with E-state index in [1.807, 2.05) is 6.07 Å². The second kappa shape index (κ2) is 6.32. The Kier molecular flexibility index (Phi) is 4.24. The molecule has 5 heteroatoms. The summed E-state index contributed by atoms with van der Waals surface area (Å²) in [4.78, 5) is 27.0. The molecule has 4 nitrogen and oxygen atoms in total. The zero-order valence-corrected chi connectivity index (χ0v) is 13.2. The van der Waals surface area contributed by atoms with Gasteiger partial charge in [-0.05, 0) is 43.5 Å². The van der Waals surface area contributed by atoms with Crippen LogP contribution < -0.4 is 4.74 Å². The van der Waals surface area contributed by atoms with Crippen LogP contribution in [0.4, 0.5) is 0 Å². The van der Waals surface area contributed by atoms with Gasteiger partial charge >= 0.3 is 0 Å². The Morgan fingerprint density at radius 2 is 1.68 bits per heavy atom. The van der Waals surface area contributed by atoms with Gasteiger partial charge in [0.25, 0.3) is 11.8 Å². The lowest BCUT2D eigenvalue weighted by atomic mass is 10.1. The molecule has 0 saturated carbocycles. The van der Waals surface area contributed by atoms with Crippen molar-refractivity contribution in [1.82, 2.24) is 4.90 Å². The number of ether oxygens (including phenoxy) is 1. The van der Waals surface area contributed by atoms with E-state index in [4.69, 9.17) is 4.74 Å². The number of hydrogen-bond donors (Lipinski definition) is 0. The Balaban J connectivity index is 1.52. The molecule has 1 aliphatic heterocycles. The van der Waals surface area contributed by atoms with Gasteiger partial charge in [-0.1, -0.05) is 12.1 Å². The van der Waals surface area contributed by atoms with E-state index in [1.165, 1.54) is 9.78 Å². The number of benzene rings is 1. The summed E-state index contributed by atoms with van der Waals surface area (Å²) in [5.74, 6) is -0.336. The second-order valence-corrected chi connectivity index (χ2v) is 6.32.